The Hall–Kier alpha value is -1.43. The minimum absolute atomic E-state index is 0.0758. The standard InChI is InChI=1S/C12H13BrN2O3/c1-8-5-6-14(7-8)12(16)9-3-2-4-10(11(9)13)15(17)18/h2-4,8H,5-7H2,1H3. The highest BCUT2D eigenvalue weighted by molar-refractivity contribution is 9.10. The average molecular weight is 313 g/mol. The van der Waals surface area contributed by atoms with Crippen LogP contribution in [0.1, 0.15) is 23.7 Å². The number of hydrogen-bond donors (Lipinski definition) is 0. The zero-order valence-electron chi connectivity index (χ0n) is 9.93. The van der Waals surface area contributed by atoms with Crippen molar-refractivity contribution in [3.05, 3.63) is 38.3 Å². The molecule has 1 unspecified atom stereocenters. The molecule has 0 saturated carbocycles. The molecule has 1 aromatic rings. The summed E-state index contributed by atoms with van der Waals surface area (Å²) in [5.74, 6) is 0.348. The van der Waals surface area contributed by atoms with E-state index in [4.69, 9.17) is 0 Å². The first-order valence-corrected chi connectivity index (χ1v) is 6.52. The monoisotopic (exact) mass is 312 g/mol. The smallest absolute Gasteiger partial charge is 0.284 e. The molecule has 0 bridgehead atoms. The van der Waals surface area contributed by atoms with Crippen molar-refractivity contribution in [2.24, 2.45) is 5.92 Å². The SMILES string of the molecule is CC1CCN(C(=O)c2cccc([N+](=O)[O-])c2Br)C1. The van der Waals surface area contributed by atoms with Gasteiger partial charge < -0.3 is 4.90 Å². The highest BCUT2D eigenvalue weighted by atomic mass is 79.9. The highest BCUT2D eigenvalue weighted by Crippen LogP contribution is 2.30. The Morgan fingerprint density at radius 3 is 2.83 bits per heavy atom. The number of carbonyl (C=O) groups is 1. The van der Waals surface area contributed by atoms with Crippen molar-refractivity contribution in [3.8, 4) is 0 Å². The van der Waals surface area contributed by atoms with E-state index in [0.717, 1.165) is 13.0 Å². The first kappa shape index (κ1) is 13.0. The lowest BCUT2D eigenvalue weighted by Crippen LogP contribution is -2.28. The number of nitro groups is 1. The molecule has 18 heavy (non-hydrogen) atoms. The van der Waals surface area contributed by atoms with Crippen molar-refractivity contribution >= 4 is 27.5 Å². The molecule has 1 atom stereocenters. The molecule has 1 fully saturated rings. The van der Waals surface area contributed by atoms with Gasteiger partial charge in [-0.05, 0) is 34.3 Å². The van der Waals surface area contributed by atoms with E-state index in [-0.39, 0.29) is 16.1 Å². The Kier molecular flexibility index (Phi) is 3.65. The summed E-state index contributed by atoms with van der Waals surface area (Å²) in [6.07, 6.45) is 0.984. The van der Waals surface area contributed by atoms with Crippen LogP contribution in [0.4, 0.5) is 5.69 Å². The van der Waals surface area contributed by atoms with Crippen LogP contribution in [-0.2, 0) is 0 Å². The van der Waals surface area contributed by atoms with Crippen molar-refractivity contribution in [1.29, 1.82) is 0 Å². The second-order valence-electron chi connectivity index (χ2n) is 4.54. The van der Waals surface area contributed by atoms with Crippen LogP contribution in [0.2, 0.25) is 0 Å². The lowest BCUT2D eigenvalue weighted by molar-refractivity contribution is -0.385. The zero-order valence-corrected chi connectivity index (χ0v) is 11.5. The summed E-state index contributed by atoms with van der Waals surface area (Å²) in [6, 6.07) is 4.53. The van der Waals surface area contributed by atoms with Gasteiger partial charge in [-0.25, -0.2) is 0 Å². The summed E-state index contributed by atoms with van der Waals surface area (Å²) in [4.78, 5) is 24.3. The number of likely N-dealkylation sites (tertiary alicyclic amines) is 1. The van der Waals surface area contributed by atoms with E-state index in [1.165, 1.54) is 12.1 Å². The number of nitrogens with zero attached hydrogens (tertiary/aromatic N) is 2. The van der Waals surface area contributed by atoms with Crippen molar-refractivity contribution in [1.82, 2.24) is 4.90 Å². The van der Waals surface area contributed by atoms with Crippen LogP contribution in [-0.4, -0.2) is 28.8 Å². The molecule has 1 aromatic carbocycles. The van der Waals surface area contributed by atoms with E-state index >= 15 is 0 Å². The van der Waals surface area contributed by atoms with Crippen LogP contribution in [0.15, 0.2) is 22.7 Å². The molecular weight excluding hydrogens is 300 g/mol. The Morgan fingerprint density at radius 1 is 1.56 bits per heavy atom. The maximum Gasteiger partial charge on any atom is 0.284 e. The van der Waals surface area contributed by atoms with Crippen molar-refractivity contribution in [3.63, 3.8) is 0 Å². The minimum Gasteiger partial charge on any atom is -0.338 e. The Labute approximate surface area is 113 Å². The van der Waals surface area contributed by atoms with Gasteiger partial charge >= 0.3 is 0 Å². The fourth-order valence-corrected chi connectivity index (χ4v) is 2.69. The number of carbonyl (C=O) groups excluding carboxylic acids is 1. The number of halogens is 1. The largest absolute Gasteiger partial charge is 0.338 e. The highest BCUT2D eigenvalue weighted by Gasteiger charge is 2.27. The number of amides is 1. The lowest BCUT2D eigenvalue weighted by atomic mass is 10.1. The second-order valence-corrected chi connectivity index (χ2v) is 5.33. The van der Waals surface area contributed by atoms with Crippen LogP contribution >= 0.6 is 15.9 Å². The van der Waals surface area contributed by atoms with E-state index in [1.807, 2.05) is 0 Å². The number of rotatable bonds is 2. The number of hydrogen-bond acceptors (Lipinski definition) is 3. The number of benzene rings is 1. The maximum atomic E-state index is 12.3. The third-order valence-corrected chi connectivity index (χ3v) is 3.95. The third-order valence-electron chi connectivity index (χ3n) is 3.12. The predicted molar refractivity (Wildman–Crippen MR) is 70.5 cm³/mol. The van der Waals surface area contributed by atoms with Crippen molar-refractivity contribution in [2.75, 3.05) is 13.1 Å². The molecular formula is C12H13BrN2O3. The summed E-state index contributed by atoms with van der Waals surface area (Å²) in [7, 11) is 0. The Balaban J connectivity index is 2.31. The fraction of sp³-hybridized carbons (Fsp3) is 0.417. The molecule has 0 N–H and O–H groups in total. The summed E-state index contributed by atoms with van der Waals surface area (Å²) < 4.78 is 0.263. The van der Waals surface area contributed by atoms with E-state index < -0.39 is 4.92 Å². The topological polar surface area (TPSA) is 63.5 Å². The van der Waals surface area contributed by atoms with Gasteiger partial charge in [-0.15, -0.1) is 0 Å². The summed E-state index contributed by atoms with van der Waals surface area (Å²) in [5, 5.41) is 10.8. The predicted octanol–water partition coefficient (Wildman–Crippen LogP) is 2.84. The molecule has 0 aliphatic carbocycles. The normalized spacial score (nSPS) is 19.0. The molecule has 0 radical (unpaired) electrons. The van der Waals surface area contributed by atoms with E-state index in [0.29, 0.717) is 18.0 Å². The van der Waals surface area contributed by atoms with Gasteiger partial charge in [-0.3, -0.25) is 14.9 Å². The van der Waals surface area contributed by atoms with E-state index in [2.05, 4.69) is 22.9 Å². The Morgan fingerprint density at radius 2 is 2.28 bits per heavy atom. The second kappa shape index (κ2) is 5.06. The third kappa shape index (κ3) is 2.38. The van der Waals surface area contributed by atoms with Crippen LogP contribution in [0.5, 0.6) is 0 Å². The molecule has 1 heterocycles. The van der Waals surface area contributed by atoms with Gasteiger partial charge in [0.25, 0.3) is 11.6 Å². The van der Waals surface area contributed by atoms with Gasteiger partial charge in [0.2, 0.25) is 0 Å². The zero-order chi connectivity index (χ0) is 13.3. The molecule has 1 amide bonds. The fourth-order valence-electron chi connectivity index (χ4n) is 2.12. The summed E-state index contributed by atoms with van der Waals surface area (Å²) >= 11 is 3.16. The van der Waals surface area contributed by atoms with Gasteiger partial charge in [0.15, 0.2) is 0 Å². The van der Waals surface area contributed by atoms with Crippen LogP contribution in [0.25, 0.3) is 0 Å². The molecule has 1 aliphatic rings. The van der Waals surface area contributed by atoms with Gasteiger partial charge in [-0.2, -0.15) is 0 Å². The van der Waals surface area contributed by atoms with Gasteiger partial charge in [-0.1, -0.05) is 13.0 Å². The van der Waals surface area contributed by atoms with Crippen molar-refractivity contribution in [2.45, 2.75) is 13.3 Å². The van der Waals surface area contributed by atoms with E-state index in [9.17, 15) is 14.9 Å². The molecule has 0 spiro atoms. The van der Waals surface area contributed by atoms with Gasteiger partial charge in [0.05, 0.1) is 10.5 Å². The first-order valence-electron chi connectivity index (χ1n) is 5.73. The van der Waals surface area contributed by atoms with Crippen molar-refractivity contribution < 1.29 is 9.72 Å². The summed E-state index contributed by atoms with van der Waals surface area (Å²) in [6.45, 7) is 3.53. The van der Waals surface area contributed by atoms with Crippen LogP contribution in [0, 0.1) is 16.0 Å². The minimum atomic E-state index is -0.493. The molecule has 1 saturated heterocycles. The lowest BCUT2D eigenvalue weighted by Gasteiger charge is -2.16. The Bertz CT molecular complexity index is 504. The summed E-state index contributed by atoms with van der Waals surface area (Å²) in [5.41, 5.74) is 0.284. The maximum absolute atomic E-state index is 12.3. The number of nitro benzene ring substituents is 1. The van der Waals surface area contributed by atoms with Gasteiger partial charge in [0, 0.05) is 19.2 Å². The van der Waals surface area contributed by atoms with Crippen LogP contribution < -0.4 is 0 Å². The van der Waals surface area contributed by atoms with Gasteiger partial charge in [0.1, 0.15) is 4.47 Å². The quantitative estimate of drug-likeness (QED) is 0.623. The molecule has 1 aliphatic heterocycles. The van der Waals surface area contributed by atoms with Crippen LogP contribution in [0.3, 0.4) is 0 Å². The molecule has 6 heteroatoms. The van der Waals surface area contributed by atoms with E-state index in [1.54, 1.807) is 11.0 Å². The average Bonchev–Trinajstić information content (AvgIpc) is 2.75. The molecule has 5 nitrogen and oxygen atoms in total. The first-order chi connectivity index (χ1) is 8.50. The molecule has 96 valence electrons. The molecule has 2 rings (SSSR count). The molecule has 0 aromatic heterocycles.